The van der Waals surface area contributed by atoms with Crippen LogP contribution in [-0.4, -0.2) is 30.4 Å². The van der Waals surface area contributed by atoms with Gasteiger partial charge in [-0.2, -0.15) is 0 Å². The predicted octanol–water partition coefficient (Wildman–Crippen LogP) is 3.56. The average molecular weight is 342 g/mol. The van der Waals surface area contributed by atoms with Gasteiger partial charge in [-0.25, -0.2) is 10.1 Å². The summed E-state index contributed by atoms with van der Waals surface area (Å²) >= 11 is 0. The van der Waals surface area contributed by atoms with Crippen LogP contribution >= 0.6 is 0 Å². The molecule has 0 saturated carbocycles. The molecule has 2 aromatic rings. The fourth-order valence-electron chi connectivity index (χ4n) is 2.61. The van der Waals surface area contributed by atoms with E-state index in [1.807, 2.05) is 66.7 Å². The van der Waals surface area contributed by atoms with Crippen molar-refractivity contribution >= 4 is 0 Å². The second-order valence-electron chi connectivity index (χ2n) is 5.80. The molecule has 0 saturated heterocycles. The molecule has 25 heavy (non-hydrogen) atoms. The monoisotopic (exact) mass is 342 g/mol. The zero-order valence-corrected chi connectivity index (χ0v) is 13.9. The summed E-state index contributed by atoms with van der Waals surface area (Å²) in [6, 6.07) is 19.9. The fraction of sp³-hybridized carbons (Fsp3) is 0.300. The van der Waals surface area contributed by atoms with E-state index in [9.17, 15) is 0 Å². The van der Waals surface area contributed by atoms with E-state index in [2.05, 4.69) is 4.89 Å². The van der Waals surface area contributed by atoms with E-state index < -0.39 is 6.29 Å². The molecule has 0 amide bonds. The number of hydrogen-bond donors (Lipinski definition) is 1. The van der Waals surface area contributed by atoms with Crippen molar-refractivity contribution in [3.8, 4) is 0 Å². The minimum atomic E-state index is -0.804. The number of ether oxygens (including phenoxy) is 3. The van der Waals surface area contributed by atoms with Gasteiger partial charge in [-0.15, -0.1) is 0 Å². The summed E-state index contributed by atoms with van der Waals surface area (Å²) in [5, 5.41) is 8.85. The molecule has 5 nitrogen and oxygen atoms in total. The molecule has 0 fully saturated rings. The first-order valence-corrected chi connectivity index (χ1v) is 8.26. The van der Waals surface area contributed by atoms with Crippen LogP contribution < -0.4 is 0 Å². The van der Waals surface area contributed by atoms with Gasteiger partial charge in [0.2, 0.25) is 6.29 Å². The smallest absolute Gasteiger partial charge is 0.210 e. The van der Waals surface area contributed by atoms with Crippen molar-refractivity contribution in [2.24, 2.45) is 0 Å². The van der Waals surface area contributed by atoms with Gasteiger partial charge in [0.1, 0.15) is 12.2 Å². The molecule has 0 aliphatic carbocycles. The van der Waals surface area contributed by atoms with Crippen LogP contribution in [0.5, 0.6) is 0 Å². The first-order chi connectivity index (χ1) is 12.3. The minimum absolute atomic E-state index is 0.276. The zero-order valence-electron chi connectivity index (χ0n) is 13.9. The van der Waals surface area contributed by atoms with Gasteiger partial charge < -0.3 is 14.2 Å². The average Bonchev–Trinajstić information content (AvgIpc) is 2.68. The second kappa shape index (κ2) is 9.46. The normalized spacial score (nSPS) is 22.8. The van der Waals surface area contributed by atoms with E-state index in [4.69, 9.17) is 19.5 Å². The fourth-order valence-corrected chi connectivity index (χ4v) is 2.61. The molecule has 132 valence electrons. The van der Waals surface area contributed by atoms with E-state index in [0.29, 0.717) is 19.8 Å². The summed E-state index contributed by atoms with van der Waals surface area (Å²) < 4.78 is 17.4. The molecule has 0 radical (unpaired) electrons. The van der Waals surface area contributed by atoms with E-state index in [1.165, 1.54) is 0 Å². The van der Waals surface area contributed by atoms with Gasteiger partial charge in [0, 0.05) is 0 Å². The molecule has 2 aromatic carbocycles. The Kier molecular flexibility index (Phi) is 6.73. The predicted molar refractivity (Wildman–Crippen MR) is 92.6 cm³/mol. The van der Waals surface area contributed by atoms with Gasteiger partial charge in [0.05, 0.1) is 19.8 Å². The Hall–Kier alpha value is -2.02. The first-order valence-electron chi connectivity index (χ1n) is 8.26. The largest absolute Gasteiger partial charge is 0.374 e. The molecular weight excluding hydrogens is 320 g/mol. The number of hydrogen-bond acceptors (Lipinski definition) is 5. The van der Waals surface area contributed by atoms with Crippen LogP contribution in [0.4, 0.5) is 0 Å². The molecule has 0 aromatic heterocycles. The van der Waals surface area contributed by atoms with Crippen molar-refractivity contribution in [2.45, 2.75) is 31.7 Å². The van der Waals surface area contributed by atoms with Crippen molar-refractivity contribution in [1.29, 1.82) is 0 Å². The standard InChI is InChI=1S/C20H22O5/c21-25-20-12-11-18(23-14-17-9-5-2-6-10-17)19(24-20)15-22-13-16-7-3-1-4-8-16/h1-12,18-21H,13-15H2/t18-,19+,20?/m0/s1. The van der Waals surface area contributed by atoms with Gasteiger partial charge in [0.15, 0.2) is 0 Å². The van der Waals surface area contributed by atoms with Crippen molar-refractivity contribution in [3.63, 3.8) is 0 Å². The van der Waals surface area contributed by atoms with Crippen molar-refractivity contribution < 1.29 is 24.4 Å². The highest BCUT2D eigenvalue weighted by atomic mass is 17.1. The Morgan fingerprint density at radius 1 is 0.840 bits per heavy atom. The third-order valence-corrected chi connectivity index (χ3v) is 3.92. The SMILES string of the molecule is OOC1C=C[C@H](OCc2ccccc2)[C@@H](COCc2ccccc2)O1. The highest BCUT2D eigenvalue weighted by Gasteiger charge is 2.29. The molecule has 5 heteroatoms. The molecule has 1 aliphatic heterocycles. The first kappa shape index (κ1) is 17.8. The molecule has 1 aliphatic rings. The molecule has 0 bridgehead atoms. The summed E-state index contributed by atoms with van der Waals surface area (Å²) in [5.41, 5.74) is 2.17. The van der Waals surface area contributed by atoms with Crippen molar-refractivity contribution in [1.82, 2.24) is 0 Å². The van der Waals surface area contributed by atoms with Crippen LogP contribution in [-0.2, 0) is 32.3 Å². The van der Waals surface area contributed by atoms with Gasteiger partial charge in [-0.3, -0.25) is 0 Å². The molecule has 1 N–H and O–H groups in total. The van der Waals surface area contributed by atoms with E-state index >= 15 is 0 Å². The highest BCUT2D eigenvalue weighted by Crippen LogP contribution is 2.19. The molecule has 1 heterocycles. The van der Waals surface area contributed by atoms with Gasteiger partial charge in [-0.1, -0.05) is 66.7 Å². The van der Waals surface area contributed by atoms with Crippen LogP contribution in [0.25, 0.3) is 0 Å². The maximum atomic E-state index is 8.85. The van der Waals surface area contributed by atoms with Crippen LogP contribution in [0.1, 0.15) is 11.1 Å². The summed E-state index contributed by atoms with van der Waals surface area (Å²) in [6.45, 7) is 1.29. The topological polar surface area (TPSA) is 57.2 Å². The summed E-state index contributed by atoms with van der Waals surface area (Å²) in [4.78, 5) is 4.28. The van der Waals surface area contributed by atoms with Crippen molar-refractivity contribution in [2.75, 3.05) is 6.61 Å². The lowest BCUT2D eigenvalue weighted by molar-refractivity contribution is -0.347. The third-order valence-electron chi connectivity index (χ3n) is 3.92. The van der Waals surface area contributed by atoms with Crippen LogP contribution in [0, 0.1) is 0 Å². The van der Waals surface area contributed by atoms with Crippen LogP contribution in [0.3, 0.4) is 0 Å². The Bertz CT molecular complexity index is 644. The quantitative estimate of drug-likeness (QED) is 0.452. The van der Waals surface area contributed by atoms with Crippen LogP contribution in [0.15, 0.2) is 72.8 Å². The number of benzene rings is 2. The summed E-state index contributed by atoms with van der Waals surface area (Å²) in [5.74, 6) is 0. The maximum absolute atomic E-state index is 8.85. The van der Waals surface area contributed by atoms with Crippen molar-refractivity contribution in [3.05, 3.63) is 83.9 Å². The minimum Gasteiger partial charge on any atom is -0.374 e. The lowest BCUT2D eigenvalue weighted by Gasteiger charge is -2.30. The zero-order chi connectivity index (χ0) is 17.3. The maximum Gasteiger partial charge on any atom is 0.210 e. The number of rotatable bonds is 8. The molecule has 3 rings (SSSR count). The van der Waals surface area contributed by atoms with Gasteiger partial charge in [0.25, 0.3) is 0 Å². The Labute approximate surface area is 147 Å². The van der Waals surface area contributed by atoms with Crippen LogP contribution in [0.2, 0.25) is 0 Å². The van der Waals surface area contributed by atoms with E-state index in [0.717, 1.165) is 11.1 Å². The molecule has 1 unspecified atom stereocenters. The Morgan fingerprint density at radius 2 is 1.48 bits per heavy atom. The summed E-state index contributed by atoms with van der Waals surface area (Å²) in [6.07, 6.45) is 2.02. The van der Waals surface area contributed by atoms with E-state index in [-0.39, 0.29) is 12.2 Å². The lowest BCUT2D eigenvalue weighted by atomic mass is 10.1. The van der Waals surface area contributed by atoms with Gasteiger partial charge >= 0.3 is 0 Å². The Balaban J connectivity index is 1.54. The third kappa shape index (κ3) is 5.49. The second-order valence-corrected chi connectivity index (χ2v) is 5.80. The Morgan fingerprint density at radius 3 is 2.12 bits per heavy atom. The summed E-state index contributed by atoms with van der Waals surface area (Å²) in [7, 11) is 0. The van der Waals surface area contributed by atoms with E-state index in [1.54, 1.807) is 6.08 Å². The lowest BCUT2D eigenvalue weighted by Crippen LogP contribution is -2.40. The van der Waals surface area contributed by atoms with Gasteiger partial charge in [-0.05, 0) is 17.2 Å². The highest BCUT2D eigenvalue weighted by molar-refractivity contribution is 5.14. The molecular formula is C20H22O5. The molecule has 3 atom stereocenters. The molecule has 0 spiro atoms.